The lowest BCUT2D eigenvalue weighted by Crippen LogP contribution is -2.33. The number of rotatable bonds is 9. The zero-order valence-electron chi connectivity index (χ0n) is 21.0. The summed E-state index contributed by atoms with van der Waals surface area (Å²) in [4.78, 5) is 36.7. The van der Waals surface area contributed by atoms with Gasteiger partial charge in [-0.2, -0.15) is 4.98 Å². The standard InChI is InChI=1S/C27H27ClN4O5S/c1-35-17-13-22(26-29-14-18(38-26)8-10-25(34)36-2)32(15-17)24(33)12-16-7-9-20(19(28)11-16)30-27-31-21-5-3-4-6-23(21)37-27/h3-7,9,11,14,17,22H,8,10,12-13,15H2,1-2H3,(H,30,31)/t17-,22-/m0/s1. The molecule has 1 saturated heterocycles. The molecule has 1 N–H and O–H groups in total. The molecular weight excluding hydrogens is 528 g/mol. The number of nitrogens with one attached hydrogen (secondary N) is 1. The first-order chi connectivity index (χ1) is 18.4. The monoisotopic (exact) mass is 554 g/mol. The number of halogens is 1. The number of para-hydroxylation sites is 2. The van der Waals surface area contributed by atoms with Crippen LogP contribution in [0.3, 0.4) is 0 Å². The van der Waals surface area contributed by atoms with E-state index in [-0.39, 0.29) is 30.4 Å². The van der Waals surface area contributed by atoms with E-state index >= 15 is 0 Å². The van der Waals surface area contributed by atoms with Gasteiger partial charge in [-0.1, -0.05) is 29.8 Å². The van der Waals surface area contributed by atoms with Gasteiger partial charge in [-0.3, -0.25) is 9.59 Å². The minimum Gasteiger partial charge on any atom is -0.469 e. The number of aromatic nitrogens is 2. The summed E-state index contributed by atoms with van der Waals surface area (Å²) < 4.78 is 16.0. The predicted molar refractivity (Wildman–Crippen MR) is 145 cm³/mol. The van der Waals surface area contributed by atoms with Crippen LogP contribution < -0.4 is 5.32 Å². The number of nitrogens with zero attached hydrogens (tertiary/aromatic N) is 3. The molecule has 0 unspecified atom stereocenters. The molecule has 4 aromatic rings. The molecule has 11 heteroatoms. The van der Waals surface area contributed by atoms with Gasteiger partial charge in [0.15, 0.2) is 5.58 Å². The molecule has 2 aromatic carbocycles. The van der Waals surface area contributed by atoms with Gasteiger partial charge < -0.3 is 24.1 Å². The van der Waals surface area contributed by atoms with E-state index in [0.717, 1.165) is 21.0 Å². The summed E-state index contributed by atoms with van der Waals surface area (Å²) in [5, 5.41) is 4.41. The van der Waals surface area contributed by atoms with Crippen LogP contribution in [0, 0.1) is 0 Å². The zero-order valence-corrected chi connectivity index (χ0v) is 22.6. The Balaban J connectivity index is 1.26. The summed E-state index contributed by atoms with van der Waals surface area (Å²) >= 11 is 8.06. The number of oxazole rings is 1. The van der Waals surface area contributed by atoms with Gasteiger partial charge in [-0.25, -0.2) is 4.98 Å². The lowest BCUT2D eigenvalue weighted by Gasteiger charge is -2.23. The van der Waals surface area contributed by atoms with Crippen molar-refractivity contribution in [2.45, 2.75) is 37.8 Å². The third-order valence-corrected chi connectivity index (χ3v) is 7.97. The summed E-state index contributed by atoms with van der Waals surface area (Å²) in [5.41, 5.74) is 2.85. The van der Waals surface area contributed by atoms with Crippen molar-refractivity contribution in [3.63, 3.8) is 0 Å². The molecule has 0 radical (unpaired) electrons. The number of aryl methyl sites for hydroxylation is 1. The van der Waals surface area contributed by atoms with Gasteiger partial charge in [0.1, 0.15) is 10.5 Å². The Morgan fingerprint density at radius 3 is 2.84 bits per heavy atom. The number of fused-ring (bicyclic) bond motifs is 1. The van der Waals surface area contributed by atoms with Crippen molar-refractivity contribution in [2.75, 3.05) is 26.1 Å². The summed E-state index contributed by atoms with van der Waals surface area (Å²) in [6.07, 6.45) is 3.41. The molecule has 1 aliphatic rings. The molecule has 0 bridgehead atoms. The molecule has 0 saturated carbocycles. The largest absolute Gasteiger partial charge is 0.469 e. The lowest BCUT2D eigenvalue weighted by molar-refractivity contribution is -0.140. The summed E-state index contributed by atoms with van der Waals surface area (Å²) in [5.74, 6) is -0.289. The number of esters is 1. The summed E-state index contributed by atoms with van der Waals surface area (Å²) in [6, 6.07) is 13.1. The average Bonchev–Trinajstić information content (AvgIpc) is 3.66. The quantitative estimate of drug-likeness (QED) is 0.277. The maximum absolute atomic E-state index is 13.4. The van der Waals surface area contributed by atoms with Crippen molar-refractivity contribution < 1.29 is 23.5 Å². The smallest absolute Gasteiger partial charge is 0.305 e. The number of hydrogen-bond acceptors (Lipinski definition) is 9. The normalized spacial score (nSPS) is 17.2. The Bertz CT molecular complexity index is 1420. The minimum atomic E-state index is -0.259. The third kappa shape index (κ3) is 5.82. The van der Waals surface area contributed by atoms with E-state index in [1.54, 1.807) is 19.4 Å². The molecule has 3 heterocycles. The van der Waals surface area contributed by atoms with Crippen LogP contribution in [-0.2, 0) is 31.9 Å². The number of ether oxygens (including phenoxy) is 2. The molecule has 1 amide bonds. The van der Waals surface area contributed by atoms with E-state index in [2.05, 4.69) is 15.3 Å². The first kappa shape index (κ1) is 26.1. The number of carbonyl (C=O) groups is 2. The molecule has 9 nitrogen and oxygen atoms in total. The molecule has 1 aliphatic heterocycles. The van der Waals surface area contributed by atoms with Gasteiger partial charge in [-0.05, 0) is 36.2 Å². The van der Waals surface area contributed by atoms with Crippen LogP contribution >= 0.6 is 22.9 Å². The average molecular weight is 555 g/mol. The van der Waals surface area contributed by atoms with Crippen molar-refractivity contribution in [1.29, 1.82) is 0 Å². The molecule has 198 valence electrons. The SMILES string of the molecule is COC(=O)CCc1cnc([C@@H]2C[C@H](OC)CN2C(=O)Cc2ccc(Nc3nc4ccccc4o3)c(Cl)c2)s1. The van der Waals surface area contributed by atoms with Crippen molar-refractivity contribution in [2.24, 2.45) is 0 Å². The molecule has 5 rings (SSSR count). The van der Waals surface area contributed by atoms with Crippen LogP contribution in [0.15, 0.2) is 53.1 Å². The van der Waals surface area contributed by atoms with Gasteiger partial charge in [0, 0.05) is 31.1 Å². The van der Waals surface area contributed by atoms with E-state index in [0.29, 0.717) is 48.1 Å². The van der Waals surface area contributed by atoms with E-state index < -0.39 is 0 Å². The second-order valence-corrected chi connectivity index (χ2v) is 10.6. The molecule has 38 heavy (non-hydrogen) atoms. The topological polar surface area (TPSA) is 107 Å². The highest BCUT2D eigenvalue weighted by Crippen LogP contribution is 2.36. The Kier molecular flexibility index (Phi) is 7.92. The second-order valence-electron chi connectivity index (χ2n) is 9.00. The molecule has 0 aliphatic carbocycles. The number of amides is 1. The molecule has 2 atom stereocenters. The molecule has 0 spiro atoms. The Labute approximate surface area is 228 Å². The van der Waals surface area contributed by atoms with Crippen molar-refractivity contribution in [1.82, 2.24) is 14.9 Å². The van der Waals surface area contributed by atoms with E-state index in [1.807, 2.05) is 41.3 Å². The van der Waals surface area contributed by atoms with Crippen LogP contribution in [0.5, 0.6) is 0 Å². The molecule has 1 fully saturated rings. The number of anilines is 2. The molecule has 2 aromatic heterocycles. The summed E-state index contributed by atoms with van der Waals surface area (Å²) in [6.45, 7) is 0.488. The number of carbonyl (C=O) groups excluding carboxylic acids is 2. The Morgan fingerprint density at radius 1 is 1.24 bits per heavy atom. The number of thiazole rings is 1. The maximum atomic E-state index is 13.4. The fraction of sp³-hybridized carbons (Fsp3) is 0.333. The zero-order chi connectivity index (χ0) is 26.6. The predicted octanol–water partition coefficient (Wildman–Crippen LogP) is 5.32. The third-order valence-electron chi connectivity index (χ3n) is 6.50. The van der Waals surface area contributed by atoms with Crippen molar-refractivity contribution >= 4 is 57.6 Å². The fourth-order valence-electron chi connectivity index (χ4n) is 4.48. The van der Waals surface area contributed by atoms with Crippen LogP contribution in [0.25, 0.3) is 11.1 Å². The van der Waals surface area contributed by atoms with Gasteiger partial charge in [-0.15, -0.1) is 11.3 Å². The van der Waals surface area contributed by atoms with Gasteiger partial charge in [0.2, 0.25) is 5.91 Å². The Morgan fingerprint density at radius 2 is 2.08 bits per heavy atom. The molecular formula is C27H27ClN4O5S. The van der Waals surface area contributed by atoms with Gasteiger partial charge in [0.25, 0.3) is 6.01 Å². The number of benzene rings is 2. The van der Waals surface area contributed by atoms with Crippen molar-refractivity contribution in [3.05, 3.63) is 69.1 Å². The van der Waals surface area contributed by atoms with Crippen molar-refractivity contribution in [3.8, 4) is 0 Å². The van der Waals surface area contributed by atoms with Gasteiger partial charge in [0.05, 0.1) is 42.8 Å². The maximum Gasteiger partial charge on any atom is 0.305 e. The highest BCUT2D eigenvalue weighted by molar-refractivity contribution is 7.11. The van der Waals surface area contributed by atoms with E-state index in [1.165, 1.54) is 18.4 Å². The first-order valence-corrected chi connectivity index (χ1v) is 13.4. The minimum absolute atomic E-state index is 0.0309. The van der Waals surface area contributed by atoms with E-state index in [9.17, 15) is 9.59 Å². The number of hydrogen-bond donors (Lipinski definition) is 1. The first-order valence-electron chi connectivity index (χ1n) is 12.2. The van der Waals surface area contributed by atoms with Crippen LogP contribution in [0.4, 0.5) is 11.7 Å². The van der Waals surface area contributed by atoms with Crippen LogP contribution in [-0.4, -0.2) is 53.6 Å². The lowest BCUT2D eigenvalue weighted by atomic mass is 10.1. The Hall–Kier alpha value is -3.47. The second kappa shape index (κ2) is 11.5. The highest BCUT2D eigenvalue weighted by Gasteiger charge is 2.38. The number of methoxy groups -OCH3 is 2. The highest BCUT2D eigenvalue weighted by atomic mass is 35.5. The summed E-state index contributed by atoms with van der Waals surface area (Å²) in [7, 11) is 3.03. The number of likely N-dealkylation sites (tertiary alicyclic amines) is 1. The van der Waals surface area contributed by atoms with Crippen LogP contribution in [0.1, 0.15) is 34.3 Å². The van der Waals surface area contributed by atoms with E-state index in [4.69, 9.17) is 25.5 Å². The fourth-order valence-corrected chi connectivity index (χ4v) is 5.78. The van der Waals surface area contributed by atoms with Gasteiger partial charge >= 0.3 is 5.97 Å². The van der Waals surface area contributed by atoms with Crippen LogP contribution in [0.2, 0.25) is 5.02 Å².